The second kappa shape index (κ2) is 10.4. The van der Waals surface area contributed by atoms with E-state index in [1.807, 2.05) is 61.9 Å². The van der Waals surface area contributed by atoms with Crippen LogP contribution >= 0.6 is 31.9 Å². The van der Waals surface area contributed by atoms with Crippen LogP contribution < -0.4 is 0 Å². The molecule has 4 rings (SSSR count). The van der Waals surface area contributed by atoms with E-state index in [-0.39, 0.29) is 11.9 Å². The number of esters is 2. The Labute approximate surface area is 203 Å². The van der Waals surface area contributed by atoms with Crippen molar-refractivity contribution in [3.05, 3.63) is 68.4 Å². The molecule has 0 amide bonds. The van der Waals surface area contributed by atoms with Gasteiger partial charge >= 0.3 is 11.9 Å². The van der Waals surface area contributed by atoms with Crippen LogP contribution in [0.2, 0.25) is 0 Å². The number of carbonyl (C=O) groups is 2. The summed E-state index contributed by atoms with van der Waals surface area (Å²) in [6.45, 7) is 6.32. The molecule has 8 heteroatoms. The number of hydrogen-bond donors (Lipinski definition) is 1. The lowest BCUT2D eigenvalue weighted by Gasteiger charge is -2.02. The Morgan fingerprint density at radius 2 is 1.53 bits per heavy atom. The molecule has 2 aromatic heterocycles. The molecule has 2 aromatic carbocycles. The summed E-state index contributed by atoms with van der Waals surface area (Å²) in [5.74, 6) is -0.546. The minimum absolute atomic E-state index is 0.256. The number of benzene rings is 2. The second-order valence-corrected chi connectivity index (χ2v) is 8.85. The average molecular weight is 564 g/mol. The van der Waals surface area contributed by atoms with E-state index in [1.54, 1.807) is 13.1 Å². The molecule has 32 heavy (non-hydrogen) atoms. The van der Waals surface area contributed by atoms with Gasteiger partial charge in [-0.3, -0.25) is 0 Å². The lowest BCUT2D eigenvalue weighted by atomic mass is 10.1. The number of rotatable bonds is 4. The number of fused-ring (bicyclic) bond motifs is 2. The van der Waals surface area contributed by atoms with Gasteiger partial charge in [-0.05, 0) is 57.2 Å². The maximum absolute atomic E-state index is 12.0. The lowest BCUT2D eigenvalue weighted by molar-refractivity contribution is 0.0518. The first-order chi connectivity index (χ1) is 15.3. The minimum Gasteiger partial charge on any atom is -0.462 e. The largest absolute Gasteiger partial charge is 0.462 e. The van der Waals surface area contributed by atoms with Crippen molar-refractivity contribution in [2.45, 2.75) is 20.8 Å². The minimum atomic E-state index is -0.290. The summed E-state index contributed by atoms with van der Waals surface area (Å²) in [5.41, 5.74) is 4.13. The lowest BCUT2D eigenvalue weighted by Crippen LogP contribution is -2.06. The van der Waals surface area contributed by atoms with E-state index in [9.17, 15) is 9.59 Å². The predicted molar refractivity (Wildman–Crippen MR) is 133 cm³/mol. The van der Waals surface area contributed by atoms with Crippen LogP contribution in [0, 0.1) is 6.92 Å². The average Bonchev–Trinajstić information content (AvgIpc) is 3.27. The summed E-state index contributed by atoms with van der Waals surface area (Å²) in [6.07, 6.45) is 1.68. The molecule has 2 heterocycles. The van der Waals surface area contributed by atoms with Crippen molar-refractivity contribution >= 4 is 65.6 Å². The highest BCUT2D eigenvalue weighted by Gasteiger charge is 2.19. The predicted octanol–water partition coefficient (Wildman–Crippen LogP) is 6.53. The molecule has 0 radical (unpaired) electrons. The summed E-state index contributed by atoms with van der Waals surface area (Å²) in [6, 6.07) is 11.7. The summed E-state index contributed by atoms with van der Waals surface area (Å²) in [7, 11) is 1.95. The number of aromatic amines is 1. The number of H-pyrrole nitrogens is 1. The Kier molecular flexibility index (Phi) is 7.79. The zero-order chi connectivity index (χ0) is 23.4. The van der Waals surface area contributed by atoms with Crippen molar-refractivity contribution < 1.29 is 19.1 Å². The van der Waals surface area contributed by atoms with Crippen LogP contribution in [0.3, 0.4) is 0 Å². The van der Waals surface area contributed by atoms with Crippen molar-refractivity contribution in [3.8, 4) is 0 Å². The standard InChI is InChI=1S/C13H14BrNO2.C11H10BrNO2/c1-4-17-13(16)12-8(2)15(3)11-6-5-9(14)7-10(11)12;1-2-15-11(14)9-6-13-10-4-3-7(12)5-8(9)10/h5-7H,4H2,1-3H3;3-6,13H,2H2,1H3. The number of halogens is 2. The summed E-state index contributed by atoms with van der Waals surface area (Å²) >= 11 is 6.80. The molecule has 0 spiro atoms. The maximum atomic E-state index is 12.0. The van der Waals surface area contributed by atoms with Crippen LogP contribution in [0.25, 0.3) is 21.8 Å². The van der Waals surface area contributed by atoms with Crippen LogP contribution in [-0.2, 0) is 16.5 Å². The maximum Gasteiger partial charge on any atom is 0.340 e. The van der Waals surface area contributed by atoms with Crippen LogP contribution in [-0.4, -0.2) is 34.7 Å². The van der Waals surface area contributed by atoms with Gasteiger partial charge in [0.05, 0.1) is 24.3 Å². The number of carbonyl (C=O) groups excluding carboxylic acids is 2. The highest BCUT2D eigenvalue weighted by Crippen LogP contribution is 2.28. The van der Waals surface area contributed by atoms with E-state index in [4.69, 9.17) is 9.47 Å². The molecular weight excluding hydrogens is 540 g/mol. The third-order valence-corrected chi connectivity index (χ3v) is 6.06. The number of hydrogen-bond acceptors (Lipinski definition) is 4. The van der Waals surface area contributed by atoms with Gasteiger partial charge < -0.3 is 19.0 Å². The molecule has 168 valence electrons. The van der Waals surface area contributed by atoms with E-state index in [0.29, 0.717) is 24.3 Å². The van der Waals surface area contributed by atoms with Crippen LogP contribution in [0.1, 0.15) is 40.3 Å². The highest BCUT2D eigenvalue weighted by molar-refractivity contribution is 9.10. The summed E-state index contributed by atoms with van der Waals surface area (Å²) < 4.78 is 14.0. The summed E-state index contributed by atoms with van der Waals surface area (Å²) in [4.78, 5) is 26.6. The normalized spacial score (nSPS) is 10.7. The molecule has 0 aliphatic rings. The second-order valence-electron chi connectivity index (χ2n) is 7.01. The van der Waals surface area contributed by atoms with Gasteiger partial charge in [0, 0.05) is 49.7 Å². The van der Waals surface area contributed by atoms with Gasteiger partial charge in [0.1, 0.15) is 0 Å². The van der Waals surface area contributed by atoms with Gasteiger partial charge in [0.15, 0.2) is 0 Å². The molecule has 0 saturated carbocycles. The molecular formula is C24H24Br2N2O4. The van der Waals surface area contributed by atoms with E-state index in [0.717, 1.165) is 36.4 Å². The monoisotopic (exact) mass is 562 g/mol. The zero-order valence-corrected chi connectivity index (χ0v) is 21.5. The van der Waals surface area contributed by atoms with Gasteiger partial charge in [0.2, 0.25) is 0 Å². The molecule has 0 fully saturated rings. The SMILES string of the molecule is CCOC(=O)c1c(C)n(C)c2ccc(Br)cc12.CCOC(=O)c1c[nH]c2ccc(Br)cc12. The Morgan fingerprint density at radius 3 is 2.19 bits per heavy atom. The molecule has 0 aliphatic heterocycles. The highest BCUT2D eigenvalue weighted by atomic mass is 79.9. The number of ether oxygens (including phenoxy) is 2. The first kappa shape index (κ1) is 24.1. The third kappa shape index (κ3) is 4.91. The number of aryl methyl sites for hydroxylation is 1. The fraction of sp³-hybridized carbons (Fsp3) is 0.250. The van der Waals surface area contributed by atoms with Crippen LogP contribution in [0.5, 0.6) is 0 Å². The number of nitrogens with one attached hydrogen (secondary N) is 1. The fourth-order valence-corrected chi connectivity index (χ4v) is 4.20. The topological polar surface area (TPSA) is 73.3 Å². The van der Waals surface area contributed by atoms with Gasteiger partial charge in [-0.15, -0.1) is 0 Å². The Balaban J connectivity index is 0.000000182. The first-order valence-corrected chi connectivity index (χ1v) is 11.7. The molecule has 0 aliphatic carbocycles. The first-order valence-electron chi connectivity index (χ1n) is 10.1. The molecule has 4 aromatic rings. The van der Waals surface area contributed by atoms with Gasteiger partial charge in [-0.2, -0.15) is 0 Å². The molecule has 0 bridgehead atoms. The van der Waals surface area contributed by atoms with Gasteiger partial charge in [-0.1, -0.05) is 31.9 Å². The van der Waals surface area contributed by atoms with Crippen molar-refractivity contribution in [1.29, 1.82) is 0 Å². The number of nitrogens with zero attached hydrogens (tertiary/aromatic N) is 1. The van der Waals surface area contributed by atoms with E-state index >= 15 is 0 Å². The third-order valence-electron chi connectivity index (χ3n) is 5.07. The van der Waals surface area contributed by atoms with Crippen molar-refractivity contribution in [2.75, 3.05) is 13.2 Å². The van der Waals surface area contributed by atoms with Crippen LogP contribution in [0.4, 0.5) is 0 Å². The molecule has 0 atom stereocenters. The van der Waals surface area contributed by atoms with Gasteiger partial charge in [-0.25, -0.2) is 9.59 Å². The van der Waals surface area contributed by atoms with Crippen molar-refractivity contribution in [1.82, 2.24) is 9.55 Å². The molecule has 1 N–H and O–H groups in total. The Bertz CT molecular complexity index is 1290. The van der Waals surface area contributed by atoms with E-state index < -0.39 is 0 Å². The Morgan fingerprint density at radius 1 is 0.938 bits per heavy atom. The van der Waals surface area contributed by atoms with E-state index in [2.05, 4.69) is 36.8 Å². The fourth-order valence-electron chi connectivity index (χ4n) is 3.48. The molecule has 0 unspecified atom stereocenters. The van der Waals surface area contributed by atoms with Crippen LogP contribution in [0.15, 0.2) is 51.5 Å². The van der Waals surface area contributed by atoms with Crippen molar-refractivity contribution in [3.63, 3.8) is 0 Å². The quantitative estimate of drug-likeness (QED) is 0.286. The molecule has 0 saturated heterocycles. The molecule has 6 nitrogen and oxygen atoms in total. The Hall–Kier alpha value is -2.58. The summed E-state index contributed by atoms with van der Waals surface area (Å²) in [5, 5.41) is 1.81. The smallest absolute Gasteiger partial charge is 0.340 e. The number of aromatic nitrogens is 2. The van der Waals surface area contributed by atoms with Gasteiger partial charge in [0.25, 0.3) is 0 Å². The van der Waals surface area contributed by atoms with Crippen molar-refractivity contribution in [2.24, 2.45) is 7.05 Å². The van der Waals surface area contributed by atoms with E-state index in [1.165, 1.54) is 0 Å². The zero-order valence-electron chi connectivity index (χ0n) is 18.3.